The van der Waals surface area contributed by atoms with Gasteiger partial charge in [0.1, 0.15) is 9.21 Å². The number of anilines is 1. The van der Waals surface area contributed by atoms with E-state index in [0.717, 1.165) is 34.6 Å². The number of amides is 3. The summed E-state index contributed by atoms with van der Waals surface area (Å²) in [5.41, 5.74) is 1.13. The van der Waals surface area contributed by atoms with Gasteiger partial charge >= 0.3 is 6.09 Å². The lowest BCUT2D eigenvalue weighted by Crippen LogP contribution is -2.43. The molecular weight excluding hydrogens is 546 g/mol. The van der Waals surface area contributed by atoms with Crippen LogP contribution in [0.5, 0.6) is 0 Å². The fourth-order valence-corrected chi connectivity index (χ4v) is 9.13. The van der Waals surface area contributed by atoms with Crippen LogP contribution in [0.1, 0.15) is 53.9 Å². The average Bonchev–Trinajstić information content (AvgIpc) is 3.42. The maximum absolute atomic E-state index is 13.3. The third-order valence-electron chi connectivity index (χ3n) is 6.36. The van der Waals surface area contributed by atoms with Gasteiger partial charge in [-0.2, -0.15) is 4.31 Å². The molecule has 0 saturated carbocycles. The number of piperidine rings is 1. The lowest BCUT2D eigenvalue weighted by atomic mass is 9.88. The van der Waals surface area contributed by atoms with E-state index < -0.39 is 27.9 Å². The number of fused-ring (bicyclic) bond motifs is 1. The van der Waals surface area contributed by atoms with Crippen LogP contribution < -0.4 is 10.6 Å². The van der Waals surface area contributed by atoms with Gasteiger partial charge in [-0.15, -0.1) is 22.7 Å². The first-order valence-electron chi connectivity index (χ1n) is 11.8. The van der Waals surface area contributed by atoms with Crippen molar-refractivity contribution < 1.29 is 27.5 Å². The Morgan fingerprint density at radius 2 is 2.00 bits per heavy atom. The third kappa shape index (κ3) is 5.77. The molecule has 1 fully saturated rings. The number of thiophene rings is 2. The van der Waals surface area contributed by atoms with Crippen LogP contribution in [-0.2, 0) is 32.4 Å². The van der Waals surface area contributed by atoms with Crippen molar-refractivity contribution in [3.8, 4) is 0 Å². The van der Waals surface area contributed by atoms with Crippen LogP contribution in [0.4, 0.5) is 9.80 Å². The topological polar surface area (TPSA) is 122 Å². The summed E-state index contributed by atoms with van der Waals surface area (Å²) in [6, 6.07) is 3.01. The van der Waals surface area contributed by atoms with E-state index in [1.165, 1.54) is 27.8 Å². The normalized spacial score (nSPS) is 20.4. The zero-order valence-corrected chi connectivity index (χ0v) is 23.2. The first-order chi connectivity index (χ1) is 17.1. The van der Waals surface area contributed by atoms with Gasteiger partial charge < -0.3 is 10.1 Å². The average molecular weight is 574 g/mol. The Bertz CT molecular complexity index is 1270. The summed E-state index contributed by atoms with van der Waals surface area (Å²) < 4.78 is 32.8. The van der Waals surface area contributed by atoms with Crippen molar-refractivity contribution in [1.82, 2.24) is 9.62 Å². The molecule has 0 bridgehead atoms. The van der Waals surface area contributed by atoms with E-state index in [2.05, 4.69) is 17.6 Å². The maximum atomic E-state index is 13.3. The van der Waals surface area contributed by atoms with Crippen molar-refractivity contribution in [2.24, 2.45) is 11.8 Å². The van der Waals surface area contributed by atoms with Crippen molar-refractivity contribution >= 4 is 67.2 Å². The Kier molecular flexibility index (Phi) is 8.40. The summed E-state index contributed by atoms with van der Waals surface area (Å²) in [6.45, 7) is 4.26. The van der Waals surface area contributed by atoms with Crippen molar-refractivity contribution in [2.75, 3.05) is 25.0 Å². The van der Waals surface area contributed by atoms with Crippen molar-refractivity contribution in [1.29, 1.82) is 0 Å². The number of sulfonamides is 1. The van der Waals surface area contributed by atoms with Gasteiger partial charge in [-0.05, 0) is 62.6 Å². The van der Waals surface area contributed by atoms with E-state index in [1.54, 1.807) is 6.92 Å². The quantitative estimate of drug-likeness (QED) is 0.524. The number of carbonyl (C=O) groups is 3. The monoisotopic (exact) mass is 573 g/mol. The Hall–Kier alpha value is -1.99. The summed E-state index contributed by atoms with van der Waals surface area (Å²) in [5, 5.41) is 5.50. The second kappa shape index (κ2) is 11.2. The predicted octanol–water partition coefficient (Wildman–Crippen LogP) is 4.51. The largest absolute Gasteiger partial charge is 0.450 e. The number of halogens is 1. The van der Waals surface area contributed by atoms with E-state index in [0.29, 0.717) is 41.1 Å². The first kappa shape index (κ1) is 27.1. The Morgan fingerprint density at radius 1 is 1.22 bits per heavy atom. The predicted molar refractivity (Wildman–Crippen MR) is 139 cm³/mol. The molecule has 2 aromatic rings. The Labute approximate surface area is 223 Å². The molecule has 0 radical (unpaired) electrons. The third-order valence-corrected chi connectivity index (χ3v) is 11.1. The zero-order valence-electron chi connectivity index (χ0n) is 20.0. The number of hydrogen-bond acceptors (Lipinski definition) is 8. The van der Waals surface area contributed by atoms with Crippen LogP contribution in [0.3, 0.4) is 0 Å². The SMILES string of the molecule is CCOC(=O)NC(=O)c1c(NC(=O)C2CCCN(S(=O)(=O)c3ccc(Cl)s3)C2)sc2c1CCC(C)C2. The molecule has 2 unspecified atom stereocenters. The number of hydrogen-bond donors (Lipinski definition) is 2. The van der Waals surface area contributed by atoms with Crippen molar-refractivity contribution in [2.45, 2.75) is 50.2 Å². The fourth-order valence-electron chi connectivity index (χ4n) is 4.55. The number of alkyl carbamates (subject to hydrolysis) is 1. The molecule has 1 saturated heterocycles. The van der Waals surface area contributed by atoms with Crippen LogP contribution in [0.25, 0.3) is 0 Å². The number of carbonyl (C=O) groups excluding carboxylic acids is 3. The number of imide groups is 1. The highest BCUT2D eigenvalue weighted by Crippen LogP contribution is 2.40. The van der Waals surface area contributed by atoms with Crippen LogP contribution in [0.15, 0.2) is 16.3 Å². The van der Waals surface area contributed by atoms with E-state index in [9.17, 15) is 22.8 Å². The molecule has 3 heterocycles. The second-order valence-corrected chi connectivity index (χ2v) is 14.0. The molecule has 2 N–H and O–H groups in total. The van der Waals surface area contributed by atoms with Gasteiger partial charge in [0.25, 0.3) is 15.9 Å². The number of ether oxygens (including phenoxy) is 1. The number of rotatable bonds is 6. The fraction of sp³-hybridized carbons (Fsp3) is 0.522. The van der Waals surface area contributed by atoms with Gasteiger partial charge in [0.15, 0.2) is 0 Å². The zero-order chi connectivity index (χ0) is 26.0. The summed E-state index contributed by atoms with van der Waals surface area (Å²) in [4.78, 5) is 39.2. The van der Waals surface area contributed by atoms with Crippen LogP contribution >= 0.6 is 34.3 Å². The van der Waals surface area contributed by atoms with E-state index in [-0.39, 0.29) is 28.8 Å². The van der Waals surface area contributed by atoms with Gasteiger partial charge in [-0.25, -0.2) is 13.2 Å². The molecule has 196 valence electrons. The molecule has 36 heavy (non-hydrogen) atoms. The lowest BCUT2D eigenvalue weighted by Gasteiger charge is -2.30. The molecule has 13 heteroatoms. The molecule has 9 nitrogen and oxygen atoms in total. The molecule has 0 spiro atoms. The maximum Gasteiger partial charge on any atom is 0.414 e. The molecule has 3 amide bonds. The minimum Gasteiger partial charge on any atom is -0.450 e. The summed E-state index contributed by atoms with van der Waals surface area (Å²) in [6.07, 6.45) is 2.58. The van der Waals surface area contributed by atoms with Gasteiger partial charge in [-0.3, -0.25) is 14.9 Å². The van der Waals surface area contributed by atoms with Crippen LogP contribution in [0.2, 0.25) is 4.34 Å². The molecule has 2 atom stereocenters. The van der Waals surface area contributed by atoms with Gasteiger partial charge in [0.2, 0.25) is 5.91 Å². The molecule has 1 aliphatic heterocycles. The van der Waals surface area contributed by atoms with Gasteiger partial charge in [0, 0.05) is 18.0 Å². The van der Waals surface area contributed by atoms with Gasteiger partial charge in [0.05, 0.1) is 22.4 Å². The van der Waals surface area contributed by atoms with E-state index in [1.807, 2.05) is 0 Å². The van der Waals surface area contributed by atoms with Crippen molar-refractivity contribution in [3.05, 3.63) is 32.5 Å². The Morgan fingerprint density at radius 3 is 2.69 bits per heavy atom. The first-order valence-corrected chi connectivity index (χ1v) is 15.2. The highest BCUT2D eigenvalue weighted by atomic mass is 35.5. The van der Waals surface area contributed by atoms with Crippen LogP contribution in [-0.4, -0.2) is 50.3 Å². The number of nitrogens with zero attached hydrogens (tertiary/aromatic N) is 1. The lowest BCUT2D eigenvalue weighted by molar-refractivity contribution is -0.120. The highest BCUT2D eigenvalue weighted by Gasteiger charge is 2.36. The standard InChI is InChI=1S/C23H28ClN3O6S3/c1-3-33-23(30)26-21(29)19-15-7-6-13(2)11-16(15)34-22(19)25-20(28)14-5-4-10-27(12-14)36(31,32)18-9-8-17(24)35-18/h8-9,13-14H,3-7,10-12H2,1-2H3,(H,25,28)(H,26,29,30). The molecule has 0 aromatic carbocycles. The molecule has 2 aromatic heterocycles. The molecule has 2 aliphatic rings. The minimum atomic E-state index is -3.75. The summed E-state index contributed by atoms with van der Waals surface area (Å²) >= 11 is 8.25. The molecular formula is C23H28ClN3O6S3. The smallest absolute Gasteiger partial charge is 0.414 e. The highest BCUT2D eigenvalue weighted by molar-refractivity contribution is 7.91. The second-order valence-electron chi connectivity index (χ2n) is 8.98. The summed E-state index contributed by atoms with van der Waals surface area (Å²) in [5.74, 6) is -1.10. The van der Waals surface area contributed by atoms with E-state index >= 15 is 0 Å². The molecule has 1 aliphatic carbocycles. The molecule has 4 rings (SSSR count). The van der Waals surface area contributed by atoms with Crippen LogP contribution in [0, 0.1) is 11.8 Å². The van der Waals surface area contributed by atoms with Gasteiger partial charge in [-0.1, -0.05) is 18.5 Å². The van der Waals surface area contributed by atoms with E-state index in [4.69, 9.17) is 16.3 Å². The number of nitrogens with one attached hydrogen (secondary N) is 2. The van der Waals surface area contributed by atoms with Crippen molar-refractivity contribution in [3.63, 3.8) is 0 Å². The minimum absolute atomic E-state index is 0.0379. The Balaban J connectivity index is 1.54. The summed E-state index contributed by atoms with van der Waals surface area (Å²) in [7, 11) is -3.75.